The first-order valence-corrected chi connectivity index (χ1v) is 11.1. The van der Waals surface area contributed by atoms with Gasteiger partial charge in [-0.15, -0.1) is 0 Å². The molecule has 1 fully saturated rings. The molecule has 1 heterocycles. The van der Waals surface area contributed by atoms with Crippen molar-refractivity contribution < 1.29 is 23.5 Å². The Kier molecular flexibility index (Phi) is 8.36. The van der Waals surface area contributed by atoms with Crippen LogP contribution in [0.2, 0.25) is 0 Å². The molecule has 0 aliphatic carbocycles. The van der Waals surface area contributed by atoms with Crippen molar-refractivity contribution in [2.45, 2.75) is 45.1 Å². The third kappa shape index (κ3) is 6.64. The monoisotopic (exact) mass is 440 g/mol. The molecule has 2 aromatic carbocycles. The number of ketones is 1. The van der Waals surface area contributed by atoms with Gasteiger partial charge in [-0.25, -0.2) is 4.39 Å². The minimum atomic E-state index is -0.384. The number of hydrogen-bond acceptors (Lipinski definition) is 4. The van der Waals surface area contributed by atoms with E-state index in [9.17, 15) is 18.8 Å². The molecular weight excluding hydrogens is 411 g/mol. The van der Waals surface area contributed by atoms with Crippen molar-refractivity contribution in [2.75, 3.05) is 19.7 Å². The lowest BCUT2D eigenvalue weighted by Gasteiger charge is -2.32. The van der Waals surface area contributed by atoms with Crippen molar-refractivity contribution in [3.05, 3.63) is 65.5 Å². The Labute approximate surface area is 187 Å². The number of amides is 2. The van der Waals surface area contributed by atoms with Crippen molar-refractivity contribution >= 4 is 17.6 Å². The van der Waals surface area contributed by atoms with Crippen LogP contribution in [0.4, 0.5) is 4.39 Å². The summed E-state index contributed by atoms with van der Waals surface area (Å²) in [4.78, 5) is 38.9. The van der Waals surface area contributed by atoms with Gasteiger partial charge in [0.25, 0.3) is 5.91 Å². The first-order chi connectivity index (χ1) is 15.5. The number of likely N-dealkylation sites (tertiary alicyclic amines) is 1. The van der Waals surface area contributed by atoms with E-state index in [1.54, 1.807) is 29.2 Å². The molecule has 0 saturated carbocycles. The van der Waals surface area contributed by atoms with Crippen molar-refractivity contribution in [3.63, 3.8) is 0 Å². The Morgan fingerprint density at radius 2 is 1.59 bits per heavy atom. The lowest BCUT2D eigenvalue weighted by atomic mass is 10.0. The number of rotatable bonds is 9. The average molecular weight is 441 g/mol. The van der Waals surface area contributed by atoms with Gasteiger partial charge >= 0.3 is 0 Å². The molecular formula is C25H29FN2O4. The summed E-state index contributed by atoms with van der Waals surface area (Å²) in [5.41, 5.74) is 0.984. The number of piperidine rings is 1. The molecule has 1 N–H and O–H groups in total. The number of Topliss-reactive ketones (excluding diaryl/α,β-unsaturated/α-hetero) is 1. The summed E-state index contributed by atoms with van der Waals surface area (Å²) in [5.74, 6) is -0.0170. The highest BCUT2D eigenvalue weighted by Gasteiger charge is 2.24. The van der Waals surface area contributed by atoms with E-state index in [1.165, 1.54) is 24.3 Å². The lowest BCUT2D eigenvalue weighted by Crippen LogP contribution is -2.46. The molecule has 0 aromatic heterocycles. The molecule has 2 amide bonds. The zero-order valence-electron chi connectivity index (χ0n) is 18.3. The number of ether oxygens (including phenoxy) is 1. The van der Waals surface area contributed by atoms with Gasteiger partial charge in [0.05, 0.1) is 6.61 Å². The minimum absolute atomic E-state index is 0.0355. The zero-order valence-corrected chi connectivity index (χ0v) is 18.3. The molecule has 0 bridgehead atoms. The largest absolute Gasteiger partial charge is 0.494 e. The standard InChI is InChI=1S/C25H29FN2O4/c1-2-17-32-22-9-5-18(6-10-22)23(29)11-12-24(30)28-15-13-21(14-16-28)27-25(31)19-3-7-20(26)8-4-19/h3-10,21H,2,11-17H2,1H3,(H,27,31). The molecule has 0 unspecified atom stereocenters. The van der Waals surface area contributed by atoms with Gasteiger partial charge in [0, 0.05) is 43.1 Å². The summed E-state index contributed by atoms with van der Waals surface area (Å²) in [5, 5.41) is 2.94. The summed E-state index contributed by atoms with van der Waals surface area (Å²) in [6, 6.07) is 12.4. The van der Waals surface area contributed by atoms with Gasteiger partial charge in [-0.1, -0.05) is 6.92 Å². The minimum Gasteiger partial charge on any atom is -0.494 e. The van der Waals surface area contributed by atoms with E-state index in [4.69, 9.17) is 4.74 Å². The second-order valence-electron chi connectivity index (χ2n) is 7.93. The molecule has 0 radical (unpaired) electrons. The fourth-order valence-corrected chi connectivity index (χ4v) is 3.62. The van der Waals surface area contributed by atoms with Crippen LogP contribution in [0.5, 0.6) is 5.75 Å². The van der Waals surface area contributed by atoms with Gasteiger partial charge in [-0.05, 0) is 67.8 Å². The third-order valence-electron chi connectivity index (χ3n) is 5.50. The number of hydrogen-bond donors (Lipinski definition) is 1. The molecule has 32 heavy (non-hydrogen) atoms. The smallest absolute Gasteiger partial charge is 0.251 e. The predicted octanol–water partition coefficient (Wildman–Crippen LogP) is 4.00. The molecule has 170 valence electrons. The highest BCUT2D eigenvalue weighted by atomic mass is 19.1. The van der Waals surface area contributed by atoms with Crippen LogP contribution < -0.4 is 10.1 Å². The summed E-state index contributed by atoms with van der Waals surface area (Å²) >= 11 is 0. The van der Waals surface area contributed by atoms with E-state index in [-0.39, 0.29) is 42.3 Å². The lowest BCUT2D eigenvalue weighted by molar-refractivity contribution is -0.132. The second kappa shape index (κ2) is 11.4. The molecule has 0 spiro atoms. The van der Waals surface area contributed by atoms with Gasteiger partial charge in [0.15, 0.2) is 5.78 Å². The number of nitrogens with one attached hydrogen (secondary N) is 1. The first kappa shape index (κ1) is 23.4. The van der Waals surface area contributed by atoms with Crippen LogP contribution in [0.1, 0.15) is 59.7 Å². The van der Waals surface area contributed by atoms with E-state index in [0.29, 0.717) is 43.7 Å². The van der Waals surface area contributed by atoms with Crippen LogP contribution in [0.3, 0.4) is 0 Å². The first-order valence-electron chi connectivity index (χ1n) is 11.1. The summed E-state index contributed by atoms with van der Waals surface area (Å²) in [6.07, 6.45) is 2.53. The summed E-state index contributed by atoms with van der Waals surface area (Å²) in [7, 11) is 0. The highest BCUT2D eigenvalue weighted by molar-refractivity contribution is 5.98. The van der Waals surface area contributed by atoms with Crippen LogP contribution >= 0.6 is 0 Å². The highest BCUT2D eigenvalue weighted by Crippen LogP contribution is 2.16. The fraction of sp³-hybridized carbons (Fsp3) is 0.400. The normalized spacial score (nSPS) is 14.1. The van der Waals surface area contributed by atoms with Gasteiger partial charge in [0.2, 0.25) is 5.91 Å². The van der Waals surface area contributed by atoms with Gasteiger partial charge < -0.3 is 15.0 Å². The summed E-state index contributed by atoms with van der Waals surface area (Å²) in [6.45, 7) is 3.73. The van der Waals surface area contributed by atoms with Crippen LogP contribution in [0, 0.1) is 5.82 Å². The van der Waals surface area contributed by atoms with E-state index in [1.807, 2.05) is 6.92 Å². The van der Waals surface area contributed by atoms with E-state index >= 15 is 0 Å². The van der Waals surface area contributed by atoms with E-state index in [0.717, 1.165) is 12.2 Å². The van der Waals surface area contributed by atoms with Gasteiger partial charge in [0.1, 0.15) is 11.6 Å². The molecule has 0 atom stereocenters. The van der Waals surface area contributed by atoms with Crippen molar-refractivity contribution in [1.82, 2.24) is 10.2 Å². The summed E-state index contributed by atoms with van der Waals surface area (Å²) < 4.78 is 18.5. The topological polar surface area (TPSA) is 75.7 Å². The van der Waals surface area contributed by atoms with E-state index in [2.05, 4.69) is 5.32 Å². The maximum atomic E-state index is 13.0. The number of nitrogens with zero attached hydrogens (tertiary/aromatic N) is 1. The van der Waals surface area contributed by atoms with Crippen LogP contribution in [-0.2, 0) is 4.79 Å². The molecule has 2 aromatic rings. The molecule has 1 saturated heterocycles. The average Bonchev–Trinajstić information content (AvgIpc) is 2.82. The Morgan fingerprint density at radius 1 is 0.969 bits per heavy atom. The third-order valence-corrected chi connectivity index (χ3v) is 5.50. The Balaban J connectivity index is 1.40. The number of carbonyl (C=O) groups excluding carboxylic acids is 3. The number of halogens is 1. The van der Waals surface area contributed by atoms with Gasteiger partial charge in [-0.2, -0.15) is 0 Å². The fourth-order valence-electron chi connectivity index (χ4n) is 3.62. The molecule has 1 aliphatic rings. The second-order valence-corrected chi connectivity index (χ2v) is 7.93. The Morgan fingerprint density at radius 3 is 2.22 bits per heavy atom. The van der Waals surface area contributed by atoms with E-state index < -0.39 is 0 Å². The Bertz CT molecular complexity index is 920. The molecule has 3 rings (SSSR count). The number of carbonyl (C=O) groups is 3. The maximum Gasteiger partial charge on any atom is 0.251 e. The van der Waals surface area contributed by atoms with Crippen LogP contribution in [-0.4, -0.2) is 48.2 Å². The SMILES string of the molecule is CCCOc1ccc(C(=O)CCC(=O)N2CCC(NC(=O)c3ccc(F)cc3)CC2)cc1. The van der Waals surface area contributed by atoms with Crippen LogP contribution in [0.15, 0.2) is 48.5 Å². The quantitative estimate of drug-likeness (QED) is 0.598. The van der Waals surface area contributed by atoms with Gasteiger partial charge in [-0.3, -0.25) is 14.4 Å². The molecule has 1 aliphatic heterocycles. The van der Waals surface area contributed by atoms with Crippen molar-refractivity contribution in [2.24, 2.45) is 0 Å². The zero-order chi connectivity index (χ0) is 22.9. The van der Waals surface area contributed by atoms with Crippen molar-refractivity contribution in [3.8, 4) is 5.75 Å². The predicted molar refractivity (Wildman–Crippen MR) is 119 cm³/mol. The molecule has 6 nitrogen and oxygen atoms in total. The van der Waals surface area contributed by atoms with Crippen molar-refractivity contribution in [1.29, 1.82) is 0 Å². The number of benzene rings is 2. The van der Waals surface area contributed by atoms with Crippen LogP contribution in [0.25, 0.3) is 0 Å². The maximum absolute atomic E-state index is 13.0. The Hall–Kier alpha value is -3.22. The molecule has 7 heteroatoms.